The van der Waals surface area contributed by atoms with Crippen molar-refractivity contribution in [2.24, 2.45) is 0 Å². The van der Waals surface area contributed by atoms with Gasteiger partial charge in [0.15, 0.2) is 0 Å². The van der Waals surface area contributed by atoms with Gasteiger partial charge in [0.05, 0.1) is 11.1 Å². The molecule has 1 rings (SSSR count). The van der Waals surface area contributed by atoms with Gasteiger partial charge >= 0.3 is 0 Å². The standard InChI is InChI=1S/C10H15BrN2O/c1-3-13(6-7-14)10-9(11)8(2)4-5-12-10/h4-5,14H,3,6-7H2,1-2H3. The number of likely N-dealkylation sites (N-methyl/N-ethyl adjacent to an activating group) is 1. The summed E-state index contributed by atoms with van der Waals surface area (Å²) in [6, 6.07) is 1.96. The molecule has 78 valence electrons. The highest BCUT2D eigenvalue weighted by Crippen LogP contribution is 2.26. The van der Waals surface area contributed by atoms with Crippen LogP contribution < -0.4 is 4.90 Å². The first kappa shape index (κ1) is 11.5. The molecular weight excluding hydrogens is 244 g/mol. The lowest BCUT2D eigenvalue weighted by Crippen LogP contribution is -2.27. The van der Waals surface area contributed by atoms with Gasteiger partial charge in [-0.1, -0.05) is 0 Å². The molecular formula is C10H15BrN2O. The Hall–Kier alpha value is -0.610. The summed E-state index contributed by atoms with van der Waals surface area (Å²) in [5.74, 6) is 0.904. The third kappa shape index (κ3) is 2.45. The van der Waals surface area contributed by atoms with Crippen LogP contribution in [0.25, 0.3) is 0 Å². The molecule has 1 aromatic heterocycles. The second-order valence-electron chi connectivity index (χ2n) is 3.07. The van der Waals surface area contributed by atoms with Gasteiger partial charge in [0.2, 0.25) is 0 Å². The Morgan fingerprint density at radius 3 is 2.86 bits per heavy atom. The Kier molecular flexibility index (Phi) is 4.35. The van der Waals surface area contributed by atoms with Gasteiger partial charge in [-0.15, -0.1) is 0 Å². The van der Waals surface area contributed by atoms with Gasteiger partial charge in [-0.25, -0.2) is 4.98 Å². The summed E-state index contributed by atoms with van der Waals surface area (Å²) in [7, 11) is 0. The molecule has 0 saturated heterocycles. The van der Waals surface area contributed by atoms with E-state index in [0.29, 0.717) is 6.54 Å². The molecule has 1 heterocycles. The van der Waals surface area contributed by atoms with Crippen LogP contribution in [-0.2, 0) is 0 Å². The second kappa shape index (κ2) is 5.32. The van der Waals surface area contributed by atoms with E-state index in [1.54, 1.807) is 6.20 Å². The van der Waals surface area contributed by atoms with Crippen LogP contribution in [0.4, 0.5) is 5.82 Å². The molecule has 1 N–H and O–H groups in total. The number of hydrogen-bond donors (Lipinski definition) is 1. The number of hydrogen-bond acceptors (Lipinski definition) is 3. The van der Waals surface area contributed by atoms with Crippen LogP contribution in [0, 0.1) is 6.92 Å². The van der Waals surface area contributed by atoms with Crippen LogP contribution in [0.2, 0.25) is 0 Å². The van der Waals surface area contributed by atoms with Crippen molar-refractivity contribution in [1.29, 1.82) is 0 Å². The molecule has 3 nitrogen and oxygen atoms in total. The van der Waals surface area contributed by atoms with Crippen LogP contribution in [0.5, 0.6) is 0 Å². The summed E-state index contributed by atoms with van der Waals surface area (Å²) < 4.78 is 1.01. The summed E-state index contributed by atoms with van der Waals surface area (Å²) in [6.45, 7) is 5.69. The number of pyridine rings is 1. The van der Waals surface area contributed by atoms with E-state index in [2.05, 4.69) is 20.9 Å². The van der Waals surface area contributed by atoms with Crippen LogP contribution >= 0.6 is 15.9 Å². The molecule has 0 saturated carbocycles. The van der Waals surface area contributed by atoms with Crippen molar-refractivity contribution in [2.75, 3.05) is 24.6 Å². The van der Waals surface area contributed by atoms with Crippen LogP contribution in [0.15, 0.2) is 16.7 Å². The van der Waals surface area contributed by atoms with E-state index in [-0.39, 0.29) is 6.61 Å². The fraction of sp³-hybridized carbons (Fsp3) is 0.500. The molecule has 0 aliphatic carbocycles. The topological polar surface area (TPSA) is 36.4 Å². The Labute approximate surface area is 92.9 Å². The number of aryl methyl sites for hydroxylation is 1. The monoisotopic (exact) mass is 258 g/mol. The molecule has 0 atom stereocenters. The highest BCUT2D eigenvalue weighted by atomic mass is 79.9. The van der Waals surface area contributed by atoms with Crippen LogP contribution in [-0.4, -0.2) is 29.8 Å². The maximum Gasteiger partial charge on any atom is 0.143 e. The third-order valence-electron chi connectivity index (χ3n) is 2.12. The van der Waals surface area contributed by atoms with E-state index in [1.807, 2.05) is 24.8 Å². The first-order chi connectivity index (χ1) is 6.70. The predicted octanol–water partition coefficient (Wildman–Crippen LogP) is 1.97. The molecule has 0 aromatic carbocycles. The summed E-state index contributed by atoms with van der Waals surface area (Å²) in [5.41, 5.74) is 1.16. The fourth-order valence-corrected chi connectivity index (χ4v) is 1.77. The van der Waals surface area contributed by atoms with Gasteiger partial charge in [-0.2, -0.15) is 0 Å². The number of halogens is 1. The van der Waals surface area contributed by atoms with Crippen molar-refractivity contribution < 1.29 is 5.11 Å². The second-order valence-corrected chi connectivity index (χ2v) is 3.86. The Morgan fingerprint density at radius 1 is 1.57 bits per heavy atom. The lowest BCUT2D eigenvalue weighted by molar-refractivity contribution is 0.302. The van der Waals surface area contributed by atoms with Crippen molar-refractivity contribution in [1.82, 2.24) is 4.98 Å². The zero-order chi connectivity index (χ0) is 10.6. The smallest absolute Gasteiger partial charge is 0.143 e. The van der Waals surface area contributed by atoms with Crippen molar-refractivity contribution in [3.8, 4) is 0 Å². The number of anilines is 1. The summed E-state index contributed by atoms with van der Waals surface area (Å²) >= 11 is 3.51. The van der Waals surface area contributed by atoms with E-state index >= 15 is 0 Å². The van der Waals surface area contributed by atoms with Gasteiger partial charge in [0, 0.05) is 19.3 Å². The minimum atomic E-state index is 0.149. The molecule has 4 heteroatoms. The Balaban J connectivity index is 2.97. The first-order valence-electron chi connectivity index (χ1n) is 4.67. The van der Waals surface area contributed by atoms with E-state index in [4.69, 9.17) is 5.11 Å². The molecule has 0 radical (unpaired) electrons. The normalized spacial score (nSPS) is 10.3. The number of aromatic nitrogens is 1. The molecule has 0 fully saturated rings. The van der Waals surface area contributed by atoms with E-state index in [1.165, 1.54) is 0 Å². The fourth-order valence-electron chi connectivity index (χ4n) is 1.28. The number of rotatable bonds is 4. The molecule has 0 aliphatic rings. The molecule has 0 spiro atoms. The zero-order valence-corrected chi connectivity index (χ0v) is 10.1. The quantitative estimate of drug-likeness (QED) is 0.898. The largest absolute Gasteiger partial charge is 0.395 e. The summed E-state index contributed by atoms with van der Waals surface area (Å²) in [6.07, 6.45) is 1.79. The average Bonchev–Trinajstić information content (AvgIpc) is 2.19. The van der Waals surface area contributed by atoms with E-state index < -0.39 is 0 Å². The van der Waals surface area contributed by atoms with Crippen LogP contribution in [0.1, 0.15) is 12.5 Å². The maximum absolute atomic E-state index is 8.90. The minimum absolute atomic E-state index is 0.149. The first-order valence-corrected chi connectivity index (χ1v) is 5.47. The van der Waals surface area contributed by atoms with Crippen molar-refractivity contribution in [2.45, 2.75) is 13.8 Å². The van der Waals surface area contributed by atoms with Gasteiger partial charge in [0.1, 0.15) is 5.82 Å². The molecule has 14 heavy (non-hydrogen) atoms. The number of aliphatic hydroxyl groups excluding tert-OH is 1. The number of aliphatic hydroxyl groups is 1. The Morgan fingerprint density at radius 2 is 2.29 bits per heavy atom. The maximum atomic E-state index is 8.90. The van der Waals surface area contributed by atoms with Gasteiger partial charge in [-0.05, 0) is 41.4 Å². The van der Waals surface area contributed by atoms with Crippen molar-refractivity contribution >= 4 is 21.7 Å². The zero-order valence-electron chi connectivity index (χ0n) is 8.50. The van der Waals surface area contributed by atoms with Crippen molar-refractivity contribution in [3.63, 3.8) is 0 Å². The number of nitrogens with zero attached hydrogens (tertiary/aromatic N) is 2. The van der Waals surface area contributed by atoms with Crippen LogP contribution in [0.3, 0.4) is 0 Å². The molecule has 0 amide bonds. The third-order valence-corrected chi connectivity index (χ3v) is 3.10. The van der Waals surface area contributed by atoms with Crippen molar-refractivity contribution in [3.05, 3.63) is 22.3 Å². The summed E-state index contributed by atoms with van der Waals surface area (Å²) in [4.78, 5) is 6.34. The van der Waals surface area contributed by atoms with Gasteiger partial charge in [-0.3, -0.25) is 0 Å². The highest BCUT2D eigenvalue weighted by molar-refractivity contribution is 9.10. The molecule has 0 aliphatic heterocycles. The van der Waals surface area contributed by atoms with Gasteiger partial charge < -0.3 is 10.0 Å². The molecule has 0 unspecified atom stereocenters. The Bertz CT molecular complexity index is 304. The lowest BCUT2D eigenvalue weighted by atomic mass is 10.3. The van der Waals surface area contributed by atoms with E-state index in [9.17, 15) is 0 Å². The summed E-state index contributed by atoms with van der Waals surface area (Å²) in [5, 5.41) is 8.90. The molecule has 0 bridgehead atoms. The minimum Gasteiger partial charge on any atom is -0.395 e. The van der Waals surface area contributed by atoms with Gasteiger partial charge in [0.25, 0.3) is 0 Å². The highest BCUT2D eigenvalue weighted by Gasteiger charge is 2.10. The lowest BCUT2D eigenvalue weighted by Gasteiger charge is -2.22. The predicted molar refractivity (Wildman–Crippen MR) is 61.6 cm³/mol. The SMILES string of the molecule is CCN(CCO)c1nccc(C)c1Br. The average molecular weight is 259 g/mol. The molecule has 1 aromatic rings. The van der Waals surface area contributed by atoms with E-state index in [0.717, 1.165) is 22.4 Å².